The molecule has 4 aliphatic carbocycles. The third-order valence-corrected chi connectivity index (χ3v) is 25.0. The van der Waals surface area contributed by atoms with E-state index in [4.69, 9.17) is 56.8 Å². The van der Waals surface area contributed by atoms with Crippen LogP contribution in [-0.2, 0) is 56.8 Å². The summed E-state index contributed by atoms with van der Waals surface area (Å²) in [4.78, 5) is 0. The molecule has 6 saturated heterocycles. The molecule has 100 heavy (non-hydrogen) atoms. The molecule has 34 heteroatoms. The summed E-state index contributed by atoms with van der Waals surface area (Å²) in [6.45, 7) is 11.3. The zero-order valence-corrected chi connectivity index (χ0v) is 57.6. The van der Waals surface area contributed by atoms with Crippen LogP contribution >= 0.6 is 0 Å². The van der Waals surface area contributed by atoms with Crippen molar-refractivity contribution in [3.05, 3.63) is 11.6 Å². The molecule has 10 aliphatic rings. The molecule has 0 amide bonds. The van der Waals surface area contributed by atoms with E-state index in [2.05, 4.69) is 33.8 Å². The van der Waals surface area contributed by atoms with Crippen molar-refractivity contribution in [1.82, 2.24) is 0 Å². The molecule has 22 N–H and O–H groups in total. The van der Waals surface area contributed by atoms with Gasteiger partial charge in [0.2, 0.25) is 0 Å². The van der Waals surface area contributed by atoms with Crippen molar-refractivity contribution < 1.29 is 169 Å². The predicted octanol–water partition coefficient (Wildman–Crippen LogP) is -7.58. The fourth-order valence-corrected chi connectivity index (χ4v) is 18.5. The molecule has 0 aromatic carbocycles. The third-order valence-electron chi connectivity index (χ3n) is 25.0. The maximum Gasteiger partial charge on any atom is 0.187 e. The molecule has 0 bridgehead atoms. The highest BCUT2D eigenvalue weighted by Gasteiger charge is 2.71. The van der Waals surface area contributed by atoms with E-state index >= 15 is 0 Å². The largest absolute Gasteiger partial charge is 0.394 e. The van der Waals surface area contributed by atoms with Crippen molar-refractivity contribution in [3.63, 3.8) is 0 Å². The smallest absolute Gasteiger partial charge is 0.187 e. The van der Waals surface area contributed by atoms with Crippen LogP contribution in [0.1, 0.15) is 107 Å². The first-order valence-corrected chi connectivity index (χ1v) is 35.1. The summed E-state index contributed by atoms with van der Waals surface area (Å²) in [5.41, 5.74) is -2.90. The second kappa shape index (κ2) is 31.5. The van der Waals surface area contributed by atoms with Gasteiger partial charge in [0.1, 0.15) is 146 Å². The van der Waals surface area contributed by atoms with Crippen molar-refractivity contribution in [2.75, 3.05) is 39.6 Å². The lowest BCUT2D eigenvalue weighted by Gasteiger charge is -2.67. The van der Waals surface area contributed by atoms with Crippen LogP contribution in [-0.4, -0.2) is 360 Å². The van der Waals surface area contributed by atoms with Gasteiger partial charge in [0, 0.05) is 10.8 Å². The topological polar surface area (TPSA) is 556 Å². The number of aliphatic hydroxyl groups is 22. The van der Waals surface area contributed by atoms with E-state index < -0.39 is 264 Å². The highest BCUT2D eigenvalue weighted by atomic mass is 16.8. The first-order chi connectivity index (χ1) is 46.9. The minimum Gasteiger partial charge on any atom is -0.394 e. The monoisotopic (exact) mass is 1450 g/mol. The molecule has 0 aromatic rings. The van der Waals surface area contributed by atoms with Crippen LogP contribution in [0.25, 0.3) is 0 Å². The molecule has 0 radical (unpaired) electrons. The highest BCUT2D eigenvalue weighted by Crippen LogP contribution is 2.75. The van der Waals surface area contributed by atoms with Crippen molar-refractivity contribution in [1.29, 1.82) is 0 Å². The second-order valence-electron chi connectivity index (χ2n) is 31.5. The zero-order valence-electron chi connectivity index (χ0n) is 57.6. The third kappa shape index (κ3) is 14.8. The summed E-state index contributed by atoms with van der Waals surface area (Å²) in [7, 11) is 0. The van der Waals surface area contributed by atoms with Crippen LogP contribution in [0.4, 0.5) is 0 Å². The molecule has 9 fully saturated rings. The number of hydrogen-bond acceptors (Lipinski definition) is 34. The van der Waals surface area contributed by atoms with Gasteiger partial charge in [0.25, 0.3) is 0 Å². The van der Waals surface area contributed by atoms with Crippen LogP contribution < -0.4 is 0 Å². The number of ether oxygens (including phenoxy) is 12. The molecule has 580 valence electrons. The van der Waals surface area contributed by atoms with Gasteiger partial charge in [-0.05, 0) is 99.7 Å². The van der Waals surface area contributed by atoms with Gasteiger partial charge in [-0.25, -0.2) is 0 Å². The van der Waals surface area contributed by atoms with Gasteiger partial charge < -0.3 is 169 Å². The average Bonchev–Trinajstić information content (AvgIpc) is 1.34. The number of fused-ring (bicyclic) bond motifs is 5. The first-order valence-electron chi connectivity index (χ1n) is 35.1. The average molecular weight is 1450 g/mol. The Kier molecular flexibility index (Phi) is 25.5. The maximum absolute atomic E-state index is 13.0. The Morgan fingerprint density at radius 3 is 1.36 bits per heavy atom. The van der Waals surface area contributed by atoms with E-state index in [1.165, 1.54) is 13.8 Å². The van der Waals surface area contributed by atoms with Crippen molar-refractivity contribution in [2.45, 2.75) is 315 Å². The Morgan fingerprint density at radius 1 is 0.460 bits per heavy atom. The molecule has 0 aromatic heterocycles. The molecule has 40 unspecified atom stereocenters. The van der Waals surface area contributed by atoms with Crippen LogP contribution in [0.5, 0.6) is 0 Å². The lowest BCUT2D eigenvalue weighted by molar-refractivity contribution is -0.380. The number of allylic oxidation sites excluding steroid dienone is 1. The van der Waals surface area contributed by atoms with Gasteiger partial charge in [-0.3, -0.25) is 0 Å². The van der Waals surface area contributed by atoms with Crippen LogP contribution in [0.2, 0.25) is 0 Å². The van der Waals surface area contributed by atoms with Crippen LogP contribution in [0.15, 0.2) is 11.6 Å². The van der Waals surface area contributed by atoms with E-state index in [1.54, 1.807) is 0 Å². The van der Waals surface area contributed by atoms with Crippen LogP contribution in [0, 0.1) is 45.3 Å². The van der Waals surface area contributed by atoms with Gasteiger partial charge in [-0.15, -0.1) is 0 Å². The minimum atomic E-state index is -1.98. The zero-order chi connectivity index (χ0) is 73.5. The summed E-state index contributed by atoms with van der Waals surface area (Å²) in [6.07, 6.45) is -48.6. The summed E-state index contributed by atoms with van der Waals surface area (Å²) in [5.74, 6) is -0.257. The molecule has 34 nitrogen and oxygen atoms in total. The minimum absolute atomic E-state index is 0.0186. The lowest BCUT2D eigenvalue weighted by atomic mass is 9.38. The van der Waals surface area contributed by atoms with Crippen molar-refractivity contribution >= 4 is 0 Å². The SMILES string of the molecule is CC(CCC(OC1OC(COC2OC(CO)C(O)C(O)C2O)C(O)C(O)C1OC1OC(CO)C(O)C(O)C1O)C(C)(C)O)C1CCC2(C)C3CC=C4C(CCC(OC5OC(COC6OC(CO)C(O)C(O)C6O)C(OC6OC(CO)C(O)C(O)C6O)C(O)C5O)C4(C)C)C3(C)C(O)CC12C. The standard InChI is InChI=1S/C66H112O34/c1-24(9-13-37(63(4,5)88)98-61-55(100-60-52(86)46(80)41(75)31(21-70)94-60)47(81)42(76)32(95-61)22-89-56-49(83)43(77)38(72)28(18-67)91-56)25-15-16-64(6)34-12-10-26-27(66(34,8)35(71)17-65(25,64)7)11-14-36(62(26,2)3)97-58-53(87)48(82)54(99-59-51(85)45(79)40(74)30(20-69)93-59)33(96-58)23-90-57-50(84)44(78)39(73)29(19-68)92-57/h10,24-25,27-61,67-88H,9,11-23H2,1-8H3. The van der Waals surface area contributed by atoms with E-state index in [0.717, 1.165) is 18.4 Å². The Labute approximate surface area is 579 Å². The quantitative estimate of drug-likeness (QED) is 0.0423. The van der Waals surface area contributed by atoms with Gasteiger partial charge in [0.15, 0.2) is 37.7 Å². The van der Waals surface area contributed by atoms with Crippen molar-refractivity contribution in [3.8, 4) is 0 Å². The molecule has 40 atom stereocenters. The number of aliphatic hydroxyl groups excluding tert-OH is 21. The fourth-order valence-electron chi connectivity index (χ4n) is 18.5. The summed E-state index contributed by atoms with van der Waals surface area (Å²) < 4.78 is 71.7. The van der Waals surface area contributed by atoms with Crippen LogP contribution in [0.3, 0.4) is 0 Å². The summed E-state index contributed by atoms with van der Waals surface area (Å²) in [5, 5.41) is 239. The molecule has 0 spiro atoms. The number of hydrogen-bond donors (Lipinski definition) is 22. The fraction of sp³-hybridized carbons (Fsp3) is 0.970. The Balaban J connectivity index is 0.837. The molecule has 10 rings (SSSR count). The molecule has 6 aliphatic heterocycles. The van der Waals surface area contributed by atoms with Gasteiger partial charge in [0.05, 0.1) is 63.6 Å². The Morgan fingerprint density at radius 2 is 0.870 bits per heavy atom. The maximum atomic E-state index is 13.0. The van der Waals surface area contributed by atoms with E-state index in [-0.39, 0.29) is 35.5 Å². The molecule has 6 heterocycles. The lowest BCUT2D eigenvalue weighted by Crippen LogP contribution is -2.66. The number of rotatable bonds is 23. The predicted molar refractivity (Wildman–Crippen MR) is 333 cm³/mol. The van der Waals surface area contributed by atoms with Gasteiger partial charge >= 0.3 is 0 Å². The van der Waals surface area contributed by atoms with E-state index in [1.807, 2.05) is 13.8 Å². The van der Waals surface area contributed by atoms with Gasteiger partial charge in [-0.1, -0.05) is 53.2 Å². The highest BCUT2D eigenvalue weighted by molar-refractivity contribution is 5.32. The Hall–Kier alpha value is -1.62. The second-order valence-corrected chi connectivity index (χ2v) is 31.5. The molecular weight excluding hydrogens is 1340 g/mol. The van der Waals surface area contributed by atoms with E-state index in [0.29, 0.717) is 32.1 Å². The molecule has 3 saturated carbocycles. The summed E-state index contributed by atoms with van der Waals surface area (Å²) >= 11 is 0. The normalized spacial score (nSPS) is 52.1. The van der Waals surface area contributed by atoms with Gasteiger partial charge in [-0.2, -0.15) is 0 Å². The first kappa shape index (κ1) is 80.9. The molecular formula is C66H112O34. The van der Waals surface area contributed by atoms with Crippen molar-refractivity contribution in [2.24, 2.45) is 45.3 Å². The summed E-state index contributed by atoms with van der Waals surface area (Å²) in [6, 6.07) is 0. The Bertz CT molecular complexity index is 2670. The van der Waals surface area contributed by atoms with E-state index in [9.17, 15) is 112 Å².